The second-order valence-electron chi connectivity index (χ2n) is 4.58. The normalized spacial score (nSPS) is 23.6. The van der Waals surface area contributed by atoms with Crippen LogP contribution in [0.1, 0.15) is 30.6 Å². The number of amides is 1. The lowest BCUT2D eigenvalue weighted by atomic mass is 9.79. The number of carbonyl (C=O) groups is 2. The van der Waals surface area contributed by atoms with Crippen LogP contribution in [0.3, 0.4) is 0 Å². The summed E-state index contributed by atoms with van der Waals surface area (Å²) in [6, 6.07) is 0. The van der Waals surface area contributed by atoms with Gasteiger partial charge in [-0.15, -0.1) is 11.3 Å². The van der Waals surface area contributed by atoms with Crippen LogP contribution < -0.4 is 10.4 Å². The van der Waals surface area contributed by atoms with Gasteiger partial charge in [0.05, 0.1) is 0 Å². The Morgan fingerprint density at radius 2 is 2.06 bits per heavy atom. The number of hydrogen-bond acceptors (Lipinski definition) is 5. The van der Waals surface area contributed by atoms with Crippen molar-refractivity contribution in [3.8, 4) is 0 Å². The Balaban J connectivity index is 2.04. The van der Waals surface area contributed by atoms with Gasteiger partial charge in [-0.1, -0.05) is 12.8 Å². The van der Waals surface area contributed by atoms with E-state index in [-0.39, 0.29) is 5.91 Å². The molecule has 1 saturated carbocycles. The van der Waals surface area contributed by atoms with E-state index in [2.05, 4.69) is 10.3 Å². The Bertz CT molecular complexity index is 458. The van der Waals surface area contributed by atoms with Gasteiger partial charge in [0.25, 0.3) is 0 Å². The van der Waals surface area contributed by atoms with E-state index >= 15 is 0 Å². The van der Waals surface area contributed by atoms with E-state index < -0.39 is 17.8 Å². The van der Waals surface area contributed by atoms with Crippen LogP contribution in [-0.4, -0.2) is 16.9 Å². The summed E-state index contributed by atoms with van der Waals surface area (Å²) in [7, 11) is 0. The second kappa shape index (κ2) is 5.48. The summed E-state index contributed by atoms with van der Waals surface area (Å²) in [6.07, 6.45) is 4.54. The van der Waals surface area contributed by atoms with Gasteiger partial charge in [-0.3, -0.25) is 4.79 Å². The van der Waals surface area contributed by atoms with Crippen molar-refractivity contribution in [1.82, 2.24) is 4.98 Å². The fourth-order valence-electron chi connectivity index (χ4n) is 2.34. The molecular weight excluding hydrogens is 252 g/mol. The quantitative estimate of drug-likeness (QED) is 0.883. The SMILES string of the molecule is Cc1cnc(NC(=O)[C@H]2CCCC[C@H]2C(=O)[O-])s1. The first-order chi connectivity index (χ1) is 8.58. The summed E-state index contributed by atoms with van der Waals surface area (Å²) in [5.74, 6) is -2.53. The van der Waals surface area contributed by atoms with Gasteiger partial charge in [0.1, 0.15) is 0 Å². The van der Waals surface area contributed by atoms with Gasteiger partial charge in [0.15, 0.2) is 5.13 Å². The third-order valence-electron chi connectivity index (χ3n) is 3.26. The zero-order valence-corrected chi connectivity index (χ0v) is 11.0. The van der Waals surface area contributed by atoms with Gasteiger partial charge in [-0.2, -0.15) is 0 Å². The minimum atomic E-state index is -1.12. The van der Waals surface area contributed by atoms with E-state index in [1.165, 1.54) is 11.3 Å². The molecule has 6 heteroatoms. The van der Waals surface area contributed by atoms with Crippen LogP contribution in [0.2, 0.25) is 0 Å². The summed E-state index contributed by atoms with van der Waals surface area (Å²) < 4.78 is 0. The molecule has 1 amide bonds. The van der Waals surface area contributed by atoms with Crippen molar-refractivity contribution < 1.29 is 14.7 Å². The fourth-order valence-corrected chi connectivity index (χ4v) is 3.00. The van der Waals surface area contributed by atoms with Gasteiger partial charge in [-0.25, -0.2) is 4.98 Å². The number of carboxylic acids is 1. The molecule has 1 heterocycles. The lowest BCUT2D eigenvalue weighted by molar-refractivity contribution is -0.313. The summed E-state index contributed by atoms with van der Waals surface area (Å²) >= 11 is 1.38. The standard InChI is InChI=1S/C12H16N2O3S/c1-7-6-13-12(18-7)14-10(15)8-4-2-3-5-9(8)11(16)17/h6,8-9H,2-5H2,1H3,(H,16,17)(H,13,14,15)/p-1/t8-,9+/m0/s1. The van der Waals surface area contributed by atoms with Crippen molar-refractivity contribution in [3.63, 3.8) is 0 Å². The van der Waals surface area contributed by atoms with Gasteiger partial charge in [-0.05, 0) is 19.8 Å². The molecule has 5 nitrogen and oxygen atoms in total. The summed E-state index contributed by atoms with van der Waals surface area (Å²) in [6.45, 7) is 1.90. The number of nitrogens with zero attached hydrogens (tertiary/aromatic N) is 1. The van der Waals surface area contributed by atoms with E-state index in [0.717, 1.165) is 17.7 Å². The fraction of sp³-hybridized carbons (Fsp3) is 0.583. The van der Waals surface area contributed by atoms with Crippen LogP contribution in [0.5, 0.6) is 0 Å². The zero-order chi connectivity index (χ0) is 13.1. The largest absolute Gasteiger partial charge is 0.550 e. The Morgan fingerprint density at radius 1 is 1.39 bits per heavy atom. The molecule has 2 atom stereocenters. The summed E-state index contributed by atoms with van der Waals surface area (Å²) in [5.41, 5.74) is 0. The first kappa shape index (κ1) is 13.0. The van der Waals surface area contributed by atoms with Gasteiger partial charge >= 0.3 is 0 Å². The summed E-state index contributed by atoms with van der Waals surface area (Å²) in [4.78, 5) is 28.1. The van der Waals surface area contributed by atoms with E-state index in [4.69, 9.17) is 0 Å². The van der Waals surface area contributed by atoms with Crippen LogP contribution >= 0.6 is 11.3 Å². The molecule has 0 saturated heterocycles. The molecule has 0 radical (unpaired) electrons. The highest BCUT2D eigenvalue weighted by molar-refractivity contribution is 7.15. The van der Waals surface area contributed by atoms with E-state index in [0.29, 0.717) is 18.0 Å². The van der Waals surface area contributed by atoms with E-state index in [9.17, 15) is 14.7 Å². The van der Waals surface area contributed by atoms with Crippen molar-refractivity contribution in [1.29, 1.82) is 0 Å². The molecule has 0 unspecified atom stereocenters. The zero-order valence-electron chi connectivity index (χ0n) is 10.1. The lowest BCUT2D eigenvalue weighted by Gasteiger charge is -2.30. The van der Waals surface area contributed by atoms with Crippen LogP contribution in [0.25, 0.3) is 0 Å². The van der Waals surface area contributed by atoms with Gasteiger partial charge in [0, 0.05) is 28.9 Å². The molecule has 0 bridgehead atoms. The number of carbonyl (C=O) groups excluding carboxylic acids is 2. The molecule has 0 aromatic carbocycles. The third-order valence-corrected chi connectivity index (χ3v) is 4.09. The average molecular weight is 267 g/mol. The second-order valence-corrected chi connectivity index (χ2v) is 5.82. The molecule has 18 heavy (non-hydrogen) atoms. The number of hydrogen-bond donors (Lipinski definition) is 1. The van der Waals surface area contributed by atoms with Crippen molar-refractivity contribution in [2.45, 2.75) is 32.6 Å². The van der Waals surface area contributed by atoms with Gasteiger partial charge in [0.2, 0.25) is 5.91 Å². The summed E-state index contributed by atoms with van der Waals surface area (Å²) in [5, 5.41) is 14.2. The maximum atomic E-state index is 12.1. The smallest absolute Gasteiger partial charge is 0.229 e. The van der Waals surface area contributed by atoms with Crippen molar-refractivity contribution in [2.75, 3.05) is 5.32 Å². The van der Waals surface area contributed by atoms with Crippen molar-refractivity contribution in [3.05, 3.63) is 11.1 Å². The third kappa shape index (κ3) is 2.87. The Labute approximate surface area is 109 Å². The molecule has 0 aliphatic heterocycles. The molecular formula is C12H15N2O3S-. The average Bonchev–Trinajstić information content (AvgIpc) is 2.74. The number of aryl methyl sites for hydroxylation is 1. The maximum Gasteiger partial charge on any atom is 0.229 e. The number of thiazole rings is 1. The molecule has 1 N–H and O–H groups in total. The first-order valence-electron chi connectivity index (χ1n) is 6.02. The predicted molar refractivity (Wildman–Crippen MR) is 65.9 cm³/mol. The van der Waals surface area contributed by atoms with Crippen LogP contribution in [0.4, 0.5) is 5.13 Å². The highest BCUT2D eigenvalue weighted by Gasteiger charge is 2.32. The number of aliphatic carboxylic acids is 1. The number of nitrogens with one attached hydrogen (secondary N) is 1. The minimum Gasteiger partial charge on any atom is -0.550 e. The monoisotopic (exact) mass is 267 g/mol. The molecule has 1 aliphatic carbocycles. The number of aromatic nitrogens is 1. The number of anilines is 1. The van der Waals surface area contributed by atoms with Crippen LogP contribution in [-0.2, 0) is 9.59 Å². The minimum absolute atomic E-state index is 0.252. The Kier molecular flexibility index (Phi) is 3.96. The lowest BCUT2D eigenvalue weighted by Crippen LogP contribution is -2.42. The highest BCUT2D eigenvalue weighted by atomic mass is 32.1. The topological polar surface area (TPSA) is 82.1 Å². The van der Waals surface area contributed by atoms with Crippen LogP contribution in [0, 0.1) is 18.8 Å². The Morgan fingerprint density at radius 3 is 2.61 bits per heavy atom. The molecule has 2 rings (SSSR count). The number of rotatable bonds is 3. The Hall–Kier alpha value is -1.43. The van der Waals surface area contributed by atoms with Crippen molar-refractivity contribution in [2.24, 2.45) is 11.8 Å². The highest BCUT2D eigenvalue weighted by Crippen LogP contribution is 2.31. The molecule has 0 spiro atoms. The van der Waals surface area contributed by atoms with Gasteiger partial charge < -0.3 is 15.2 Å². The van der Waals surface area contributed by atoms with Crippen LogP contribution in [0.15, 0.2) is 6.20 Å². The van der Waals surface area contributed by atoms with Crippen molar-refractivity contribution >= 4 is 28.3 Å². The molecule has 1 fully saturated rings. The molecule has 1 aromatic heterocycles. The predicted octanol–water partition coefficient (Wildman–Crippen LogP) is 0.946. The van der Waals surface area contributed by atoms with E-state index in [1.54, 1.807) is 6.20 Å². The molecule has 1 aliphatic rings. The van der Waals surface area contributed by atoms with E-state index in [1.807, 2.05) is 6.92 Å². The number of carboxylic acid groups (broad SMARTS) is 1. The molecule has 1 aromatic rings. The first-order valence-corrected chi connectivity index (χ1v) is 6.83. The maximum absolute atomic E-state index is 12.1. The molecule has 98 valence electrons.